The normalized spacial score (nSPS) is 23.4. The average Bonchev–Trinajstić information content (AvgIpc) is 3.10. The molecule has 138 valence electrons. The third kappa shape index (κ3) is 4.76. The van der Waals surface area contributed by atoms with E-state index in [9.17, 15) is 4.79 Å². The Labute approximate surface area is 148 Å². The maximum absolute atomic E-state index is 12.2. The molecule has 2 aliphatic heterocycles. The zero-order chi connectivity index (χ0) is 17.6. The van der Waals surface area contributed by atoms with Crippen molar-refractivity contribution >= 4 is 11.6 Å². The number of rotatable bonds is 6. The molecule has 0 radical (unpaired) electrons. The first kappa shape index (κ1) is 17.8. The zero-order valence-electron chi connectivity index (χ0n) is 14.9. The van der Waals surface area contributed by atoms with Crippen LogP contribution in [0.2, 0.25) is 0 Å². The highest BCUT2D eigenvalue weighted by molar-refractivity contribution is 5.77. The molecule has 2 unspecified atom stereocenters. The second-order valence-electron chi connectivity index (χ2n) is 6.50. The average molecular weight is 349 g/mol. The number of nitrogens with one attached hydrogen (secondary N) is 2. The summed E-state index contributed by atoms with van der Waals surface area (Å²) >= 11 is 0. The van der Waals surface area contributed by atoms with E-state index in [1.165, 1.54) is 0 Å². The van der Waals surface area contributed by atoms with E-state index >= 15 is 0 Å². The van der Waals surface area contributed by atoms with Gasteiger partial charge in [-0.1, -0.05) is 0 Å². The molecule has 2 aliphatic rings. The number of methoxy groups -OCH3 is 2. The van der Waals surface area contributed by atoms with Gasteiger partial charge < -0.3 is 29.7 Å². The van der Waals surface area contributed by atoms with Crippen molar-refractivity contribution in [2.24, 2.45) is 0 Å². The Bertz CT molecular complexity index is 567. The molecule has 0 aliphatic carbocycles. The van der Waals surface area contributed by atoms with Gasteiger partial charge in [-0.15, -0.1) is 0 Å². The quantitative estimate of drug-likeness (QED) is 0.791. The number of hydrogen-bond donors (Lipinski definition) is 2. The van der Waals surface area contributed by atoms with Gasteiger partial charge in [-0.05, 0) is 6.42 Å². The smallest absolute Gasteiger partial charge is 0.221 e. The van der Waals surface area contributed by atoms with Crippen LogP contribution in [0.4, 0.5) is 5.69 Å². The maximum atomic E-state index is 12.2. The molecule has 1 aromatic rings. The minimum Gasteiger partial charge on any atom is -0.497 e. The molecule has 2 atom stereocenters. The van der Waals surface area contributed by atoms with Crippen LogP contribution in [-0.4, -0.2) is 65.1 Å². The van der Waals surface area contributed by atoms with Gasteiger partial charge in [0.2, 0.25) is 5.91 Å². The Morgan fingerprint density at radius 3 is 2.72 bits per heavy atom. The monoisotopic (exact) mass is 349 g/mol. The molecule has 1 amide bonds. The highest BCUT2D eigenvalue weighted by Crippen LogP contribution is 2.30. The van der Waals surface area contributed by atoms with Crippen LogP contribution < -0.4 is 25.0 Å². The highest BCUT2D eigenvalue weighted by Gasteiger charge is 2.26. The van der Waals surface area contributed by atoms with Crippen LogP contribution in [0.1, 0.15) is 12.8 Å². The van der Waals surface area contributed by atoms with Gasteiger partial charge in [0, 0.05) is 62.0 Å². The van der Waals surface area contributed by atoms with Crippen molar-refractivity contribution in [3.63, 3.8) is 0 Å². The summed E-state index contributed by atoms with van der Waals surface area (Å²) in [6, 6.07) is 6.13. The van der Waals surface area contributed by atoms with E-state index < -0.39 is 0 Å². The summed E-state index contributed by atoms with van der Waals surface area (Å²) in [4.78, 5) is 14.5. The van der Waals surface area contributed by atoms with Gasteiger partial charge >= 0.3 is 0 Å². The molecule has 1 aromatic carbocycles. The van der Waals surface area contributed by atoms with Crippen LogP contribution in [0.25, 0.3) is 0 Å². The van der Waals surface area contributed by atoms with Gasteiger partial charge in [0.05, 0.1) is 27.4 Å². The predicted molar refractivity (Wildman–Crippen MR) is 95.5 cm³/mol. The van der Waals surface area contributed by atoms with Crippen molar-refractivity contribution in [2.75, 3.05) is 52.0 Å². The van der Waals surface area contributed by atoms with E-state index in [-0.39, 0.29) is 18.0 Å². The minimum absolute atomic E-state index is 0.0815. The Morgan fingerprint density at radius 1 is 1.32 bits per heavy atom. The highest BCUT2D eigenvalue weighted by atomic mass is 16.5. The second kappa shape index (κ2) is 8.40. The van der Waals surface area contributed by atoms with Crippen molar-refractivity contribution in [1.29, 1.82) is 0 Å². The first-order chi connectivity index (χ1) is 12.2. The number of benzene rings is 1. The number of anilines is 1. The van der Waals surface area contributed by atoms with Gasteiger partial charge in [0.15, 0.2) is 0 Å². The van der Waals surface area contributed by atoms with Crippen molar-refractivity contribution in [2.45, 2.75) is 24.9 Å². The van der Waals surface area contributed by atoms with Crippen LogP contribution in [0.3, 0.4) is 0 Å². The summed E-state index contributed by atoms with van der Waals surface area (Å²) in [5.41, 5.74) is 1.05. The van der Waals surface area contributed by atoms with Gasteiger partial charge in [-0.2, -0.15) is 0 Å². The summed E-state index contributed by atoms with van der Waals surface area (Å²) in [5.74, 6) is 1.62. The van der Waals surface area contributed by atoms with Gasteiger partial charge in [-0.3, -0.25) is 4.79 Å². The molecular formula is C18H27N3O4. The third-order valence-electron chi connectivity index (χ3n) is 4.68. The lowest BCUT2D eigenvalue weighted by Crippen LogP contribution is -2.46. The molecule has 0 spiro atoms. The van der Waals surface area contributed by atoms with E-state index in [2.05, 4.69) is 15.5 Å². The SMILES string of the molecule is COc1cc(OC)cc(N2CCC(NC(=O)CC3COCCN3)C2)c1. The molecule has 2 fully saturated rings. The molecule has 0 aromatic heterocycles. The number of nitrogens with zero attached hydrogens (tertiary/aromatic N) is 1. The second-order valence-corrected chi connectivity index (χ2v) is 6.50. The van der Waals surface area contributed by atoms with Crippen molar-refractivity contribution in [1.82, 2.24) is 10.6 Å². The number of carbonyl (C=O) groups is 1. The molecule has 0 saturated carbocycles. The lowest BCUT2D eigenvalue weighted by atomic mass is 10.1. The Morgan fingerprint density at radius 2 is 2.08 bits per heavy atom. The molecule has 7 heteroatoms. The lowest BCUT2D eigenvalue weighted by Gasteiger charge is -2.24. The van der Waals surface area contributed by atoms with Crippen LogP contribution in [0, 0.1) is 0 Å². The van der Waals surface area contributed by atoms with Gasteiger partial charge in [0.25, 0.3) is 0 Å². The maximum Gasteiger partial charge on any atom is 0.221 e. The van der Waals surface area contributed by atoms with Gasteiger partial charge in [0.1, 0.15) is 11.5 Å². The molecule has 25 heavy (non-hydrogen) atoms. The molecule has 3 rings (SSSR count). The fourth-order valence-corrected chi connectivity index (χ4v) is 3.35. The standard InChI is InChI=1S/C18H27N3O4/c1-23-16-8-15(9-17(10-16)24-2)21-5-3-13(11-21)20-18(22)7-14-12-25-6-4-19-14/h8-10,13-14,19H,3-7,11-12H2,1-2H3,(H,20,22). The first-order valence-electron chi connectivity index (χ1n) is 8.76. The molecule has 0 bridgehead atoms. The summed E-state index contributed by atoms with van der Waals surface area (Å²) in [7, 11) is 3.29. The largest absolute Gasteiger partial charge is 0.497 e. The summed E-state index contributed by atoms with van der Waals surface area (Å²) in [5, 5.41) is 6.46. The number of hydrogen-bond acceptors (Lipinski definition) is 6. The summed E-state index contributed by atoms with van der Waals surface area (Å²) in [6.07, 6.45) is 1.39. The molecule has 2 N–H and O–H groups in total. The minimum atomic E-state index is 0.0815. The van der Waals surface area contributed by atoms with Gasteiger partial charge in [-0.25, -0.2) is 0 Å². The fraction of sp³-hybridized carbons (Fsp3) is 0.611. The Balaban J connectivity index is 1.53. The van der Waals surface area contributed by atoms with Crippen LogP contribution in [0.15, 0.2) is 18.2 Å². The number of carbonyl (C=O) groups excluding carboxylic acids is 1. The molecular weight excluding hydrogens is 322 g/mol. The Kier molecular flexibility index (Phi) is 5.99. The molecule has 2 saturated heterocycles. The number of morpholine rings is 1. The predicted octanol–water partition coefficient (Wildman–Crippen LogP) is 0.777. The third-order valence-corrected chi connectivity index (χ3v) is 4.68. The fourth-order valence-electron chi connectivity index (χ4n) is 3.35. The number of amides is 1. The van der Waals surface area contributed by atoms with Crippen molar-refractivity contribution in [3.8, 4) is 11.5 Å². The summed E-state index contributed by atoms with van der Waals surface area (Å²) < 4.78 is 16.1. The summed E-state index contributed by atoms with van der Waals surface area (Å²) in [6.45, 7) is 3.82. The van der Waals surface area contributed by atoms with E-state index in [1.807, 2.05) is 18.2 Å². The molecule has 7 nitrogen and oxygen atoms in total. The van der Waals surface area contributed by atoms with E-state index in [0.717, 1.165) is 49.8 Å². The lowest BCUT2D eigenvalue weighted by molar-refractivity contribution is -0.122. The first-order valence-corrected chi connectivity index (χ1v) is 8.76. The van der Waals surface area contributed by atoms with E-state index in [1.54, 1.807) is 14.2 Å². The topological polar surface area (TPSA) is 72.1 Å². The van der Waals surface area contributed by atoms with Crippen LogP contribution in [0.5, 0.6) is 11.5 Å². The Hall–Kier alpha value is -1.99. The van der Waals surface area contributed by atoms with Crippen molar-refractivity contribution in [3.05, 3.63) is 18.2 Å². The van der Waals surface area contributed by atoms with Crippen molar-refractivity contribution < 1.29 is 19.0 Å². The van der Waals surface area contributed by atoms with Crippen LogP contribution in [-0.2, 0) is 9.53 Å². The number of ether oxygens (including phenoxy) is 3. The van der Waals surface area contributed by atoms with Crippen LogP contribution >= 0.6 is 0 Å². The zero-order valence-corrected chi connectivity index (χ0v) is 14.9. The van der Waals surface area contributed by atoms with E-state index in [0.29, 0.717) is 13.0 Å². The molecule has 2 heterocycles. The van der Waals surface area contributed by atoms with E-state index in [4.69, 9.17) is 14.2 Å².